The summed E-state index contributed by atoms with van der Waals surface area (Å²) in [5, 5.41) is 30.3. The highest BCUT2D eigenvalue weighted by Crippen LogP contribution is 2.58. The Bertz CT molecular complexity index is 746. The van der Waals surface area contributed by atoms with Crippen LogP contribution in [-0.2, 0) is 20.9 Å². The molecule has 1 aromatic heterocycles. The molecule has 0 unspecified atom stereocenters. The molecule has 0 spiro atoms. The molecule has 1 aromatic rings. The van der Waals surface area contributed by atoms with Crippen LogP contribution in [-0.4, -0.2) is 51.0 Å². The molecule has 0 aromatic carbocycles. The maximum absolute atomic E-state index is 12.9. The molecule has 2 amide bonds. The van der Waals surface area contributed by atoms with Crippen molar-refractivity contribution in [3.05, 3.63) is 23.7 Å². The number of hydrogen-bond donors (Lipinski definition) is 3. The number of rotatable bonds is 5. The van der Waals surface area contributed by atoms with E-state index in [4.69, 9.17) is 9.15 Å². The van der Waals surface area contributed by atoms with Crippen molar-refractivity contribution >= 4 is 11.8 Å². The van der Waals surface area contributed by atoms with Crippen LogP contribution in [0.1, 0.15) is 43.8 Å². The second-order valence-corrected chi connectivity index (χ2v) is 7.74. The van der Waals surface area contributed by atoms with Crippen molar-refractivity contribution in [2.75, 3.05) is 13.2 Å². The van der Waals surface area contributed by atoms with Crippen molar-refractivity contribution in [3.63, 3.8) is 0 Å². The lowest BCUT2D eigenvalue weighted by Gasteiger charge is -2.43. The third-order valence-corrected chi connectivity index (χ3v) is 6.28. The van der Waals surface area contributed by atoms with Gasteiger partial charge >= 0.3 is 0 Å². The first-order valence-electron chi connectivity index (χ1n) is 9.50. The molecule has 2 aliphatic heterocycles. The van der Waals surface area contributed by atoms with Crippen LogP contribution in [0, 0.1) is 23.7 Å². The maximum atomic E-state index is 12.9. The van der Waals surface area contributed by atoms with Gasteiger partial charge in [-0.15, -0.1) is 0 Å². The fourth-order valence-electron chi connectivity index (χ4n) is 5.03. The number of carbonyl (C=O) groups is 2. The van der Waals surface area contributed by atoms with Gasteiger partial charge in [0.15, 0.2) is 5.79 Å². The summed E-state index contributed by atoms with van der Waals surface area (Å²) >= 11 is 0. The molecule has 3 N–H and O–H groups in total. The number of fused-ring (bicyclic) bond motifs is 3. The number of aliphatic hydroxyl groups excluding tert-OH is 2. The Morgan fingerprint density at radius 2 is 2.00 bits per heavy atom. The predicted molar refractivity (Wildman–Crippen MR) is 90.7 cm³/mol. The molecule has 148 valence electrons. The molecule has 3 heterocycles. The van der Waals surface area contributed by atoms with E-state index in [1.165, 1.54) is 4.90 Å². The zero-order valence-corrected chi connectivity index (χ0v) is 15.2. The minimum Gasteiger partial charge on any atom is -0.461 e. The fourth-order valence-corrected chi connectivity index (χ4v) is 5.03. The lowest BCUT2D eigenvalue weighted by Crippen LogP contribution is -2.54. The summed E-state index contributed by atoms with van der Waals surface area (Å²) in [6.07, 6.45) is 0.596. The van der Waals surface area contributed by atoms with Crippen molar-refractivity contribution < 1.29 is 34.1 Å². The zero-order chi connectivity index (χ0) is 19.3. The highest BCUT2D eigenvalue weighted by atomic mass is 16.6. The van der Waals surface area contributed by atoms with Gasteiger partial charge in [-0.2, -0.15) is 0 Å². The van der Waals surface area contributed by atoms with Crippen LogP contribution >= 0.6 is 0 Å². The summed E-state index contributed by atoms with van der Waals surface area (Å²) in [6, 6.07) is 3.30. The summed E-state index contributed by atoms with van der Waals surface area (Å²) in [5.74, 6) is -3.75. The highest BCUT2D eigenvalue weighted by Gasteiger charge is 2.66. The Hall–Kier alpha value is -1.74. The van der Waals surface area contributed by atoms with Crippen molar-refractivity contribution in [1.82, 2.24) is 4.90 Å². The number of furan rings is 1. The number of imide groups is 1. The van der Waals surface area contributed by atoms with Crippen molar-refractivity contribution in [2.45, 2.75) is 44.7 Å². The maximum Gasteiger partial charge on any atom is 0.233 e. The topological polar surface area (TPSA) is 120 Å². The van der Waals surface area contributed by atoms with E-state index in [1.54, 1.807) is 12.1 Å². The molecule has 8 nitrogen and oxygen atoms in total. The SMILES string of the molecule is CCCN1C(=O)[C@H]2[C@H](C[C@H](CO)[C@@]3(O)O[C@H](c4ccc(CO)o4)C[C@@H]23)C1=O. The average molecular weight is 379 g/mol. The lowest BCUT2D eigenvalue weighted by atomic mass is 9.64. The molecule has 6 atom stereocenters. The van der Waals surface area contributed by atoms with Crippen LogP contribution in [0.15, 0.2) is 16.5 Å². The third kappa shape index (κ3) is 2.66. The zero-order valence-electron chi connectivity index (χ0n) is 15.2. The molecule has 3 fully saturated rings. The van der Waals surface area contributed by atoms with E-state index in [-0.39, 0.29) is 31.4 Å². The quantitative estimate of drug-likeness (QED) is 0.639. The average Bonchev–Trinajstić information content (AvgIpc) is 3.32. The van der Waals surface area contributed by atoms with Gasteiger partial charge < -0.3 is 24.5 Å². The Labute approximate surface area is 156 Å². The number of likely N-dealkylation sites (tertiary alicyclic amines) is 1. The number of aliphatic hydroxyl groups is 3. The van der Waals surface area contributed by atoms with E-state index < -0.39 is 35.6 Å². The van der Waals surface area contributed by atoms with Crippen LogP contribution in [0.5, 0.6) is 0 Å². The van der Waals surface area contributed by atoms with E-state index in [0.717, 1.165) is 0 Å². The first-order chi connectivity index (χ1) is 12.9. The van der Waals surface area contributed by atoms with Gasteiger partial charge in [0.1, 0.15) is 24.2 Å². The molecule has 0 radical (unpaired) electrons. The summed E-state index contributed by atoms with van der Waals surface area (Å²) in [4.78, 5) is 27.0. The molecular weight excluding hydrogens is 354 g/mol. The normalized spacial score (nSPS) is 38.4. The summed E-state index contributed by atoms with van der Waals surface area (Å²) in [5.41, 5.74) is 0. The summed E-state index contributed by atoms with van der Waals surface area (Å²) < 4.78 is 11.5. The van der Waals surface area contributed by atoms with Gasteiger partial charge in [0.2, 0.25) is 11.8 Å². The fraction of sp³-hybridized carbons (Fsp3) is 0.684. The van der Waals surface area contributed by atoms with Gasteiger partial charge in [-0.25, -0.2) is 0 Å². The molecule has 1 aliphatic carbocycles. The van der Waals surface area contributed by atoms with Gasteiger partial charge in [-0.3, -0.25) is 14.5 Å². The Morgan fingerprint density at radius 3 is 2.63 bits per heavy atom. The Kier molecular flexibility index (Phi) is 4.62. The molecule has 1 saturated carbocycles. The number of ether oxygens (including phenoxy) is 1. The first kappa shape index (κ1) is 18.6. The molecular formula is C19H25NO7. The van der Waals surface area contributed by atoms with Crippen LogP contribution in [0.3, 0.4) is 0 Å². The predicted octanol–water partition coefficient (Wildman–Crippen LogP) is 0.561. The van der Waals surface area contributed by atoms with Gasteiger partial charge in [0.25, 0.3) is 0 Å². The van der Waals surface area contributed by atoms with Crippen molar-refractivity contribution in [3.8, 4) is 0 Å². The molecule has 27 heavy (non-hydrogen) atoms. The van der Waals surface area contributed by atoms with Gasteiger partial charge in [-0.05, 0) is 31.4 Å². The third-order valence-electron chi connectivity index (χ3n) is 6.28. The van der Waals surface area contributed by atoms with Gasteiger partial charge in [0.05, 0.1) is 18.4 Å². The number of hydrogen-bond acceptors (Lipinski definition) is 7. The second-order valence-electron chi connectivity index (χ2n) is 7.74. The van der Waals surface area contributed by atoms with Crippen molar-refractivity contribution in [2.24, 2.45) is 23.7 Å². The molecule has 4 rings (SSSR count). The van der Waals surface area contributed by atoms with Crippen LogP contribution < -0.4 is 0 Å². The molecule has 0 bridgehead atoms. The van der Waals surface area contributed by atoms with Crippen molar-refractivity contribution in [1.29, 1.82) is 0 Å². The molecule has 3 aliphatic rings. The van der Waals surface area contributed by atoms with Crippen LogP contribution in [0.2, 0.25) is 0 Å². The lowest BCUT2D eigenvalue weighted by molar-refractivity contribution is -0.275. The largest absolute Gasteiger partial charge is 0.461 e. The number of amides is 2. The van der Waals surface area contributed by atoms with Crippen LogP contribution in [0.4, 0.5) is 0 Å². The Morgan fingerprint density at radius 1 is 1.22 bits per heavy atom. The van der Waals surface area contributed by atoms with Gasteiger partial charge in [0, 0.05) is 18.4 Å². The number of carbonyl (C=O) groups excluding carboxylic acids is 2. The monoisotopic (exact) mass is 379 g/mol. The summed E-state index contributed by atoms with van der Waals surface area (Å²) in [6.45, 7) is 1.68. The minimum absolute atomic E-state index is 0.212. The second kappa shape index (κ2) is 6.70. The highest BCUT2D eigenvalue weighted by molar-refractivity contribution is 6.05. The summed E-state index contributed by atoms with van der Waals surface area (Å²) in [7, 11) is 0. The standard InChI is InChI=1S/C19H25NO7/c1-2-5-20-17(23)12-6-10(8-21)19(25)13(16(12)18(20)24)7-15(27-19)14-4-3-11(9-22)26-14/h3-4,10,12-13,15-16,21-22,25H,2,5-9H2,1H3/t10-,12+,13+,15+,16+,19-/m1/s1. The Balaban J connectivity index is 1.67. The van der Waals surface area contributed by atoms with Gasteiger partial charge in [-0.1, -0.05) is 6.92 Å². The number of nitrogens with zero attached hydrogens (tertiary/aromatic N) is 1. The molecule has 2 saturated heterocycles. The smallest absolute Gasteiger partial charge is 0.233 e. The molecule has 8 heteroatoms. The van der Waals surface area contributed by atoms with E-state index >= 15 is 0 Å². The minimum atomic E-state index is -1.69. The van der Waals surface area contributed by atoms with E-state index in [9.17, 15) is 24.9 Å². The van der Waals surface area contributed by atoms with E-state index in [1.807, 2.05) is 6.92 Å². The van der Waals surface area contributed by atoms with E-state index in [0.29, 0.717) is 30.9 Å². The first-order valence-corrected chi connectivity index (χ1v) is 9.50. The van der Waals surface area contributed by atoms with Crippen LogP contribution in [0.25, 0.3) is 0 Å². The van der Waals surface area contributed by atoms with E-state index in [2.05, 4.69) is 0 Å².